The van der Waals surface area contributed by atoms with Crippen molar-refractivity contribution in [3.63, 3.8) is 0 Å². The second-order valence-electron chi connectivity index (χ2n) is 1.88. The van der Waals surface area contributed by atoms with Gasteiger partial charge in [0.15, 0.2) is 0 Å². The second kappa shape index (κ2) is 3.46. The fraction of sp³-hybridized carbons (Fsp3) is 1.00. The van der Waals surface area contributed by atoms with E-state index in [4.69, 9.17) is 4.55 Å². The first-order valence-corrected chi connectivity index (χ1v) is 5.74. The Labute approximate surface area is 64.2 Å². The molecule has 0 aromatic carbocycles. The van der Waals surface area contributed by atoms with Crippen LogP contribution in [0.5, 0.6) is 0 Å². The summed E-state index contributed by atoms with van der Waals surface area (Å²) in [6.07, 6.45) is -0.433. The average molecular weight is 206 g/mol. The molecule has 1 N–H and O–H groups in total. The van der Waals surface area contributed by atoms with Crippen LogP contribution in [0.15, 0.2) is 0 Å². The molecular weight excluding hydrogens is 199 g/mol. The maximum Gasteiger partial charge on any atom is 0.302 e. The highest BCUT2D eigenvalue weighted by atomic mass is 32.3. The maximum absolute atomic E-state index is 11.7. The third-order valence-electron chi connectivity index (χ3n) is 0.790. The molecule has 0 radical (unpaired) electrons. The molecule has 0 rings (SSSR count). The van der Waals surface area contributed by atoms with Gasteiger partial charge >= 0.3 is 10.2 Å². The van der Waals surface area contributed by atoms with E-state index in [1.54, 1.807) is 0 Å². The first-order valence-electron chi connectivity index (χ1n) is 2.58. The van der Waals surface area contributed by atoms with Gasteiger partial charge in [-0.3, -0.25) is 4.55 Å². The van der Waals surface area contributed by atoms with Gasteiger partial charge in [0.2, 0.25) is 0 Å². The average Bonchev–Trinajstić information content (AvgIpc) is 1.55. The van der Waals surface area contributed by atoms with Gasteiger partial charge in [0.25, 0.3) is 10.1 Å². The molecule has 0 fully saturated rings. The summed E-state index contributed by atoms with van der Waals surface area (Å²) in [6.45, 7) is 0. The highest BCUT2D eigenvalue weighted by Gasteiger charge is 2.10. The summed E-state index contributed by atoms with van der Waals surface area (Å²) >= 11 is 0. The summed E-state index contributed by atoms with van der Waals surface area (Å²) in [4.78, 5) is 0. The van der Waals surface area contributed by atoms with Crippen molar-refractivity contribution in [2.24, 2.45) is 0 Å². The van der Waals surface area contributed by atoms with Crippen molar-refractivity contribution in [2.45, 2.75) is 6.42 Å². The molecule has 11 heavy (non-hydrogen) atoms. The molecule has 0 aliphatic rings. The highest BCUT2D eigenvalue weighted by molar-refractivity contribution is 7.87. The summed E-state index contributed by atoms with van der Waals surface area (Å²) < 4.78 is 59.2. The molecule has 0 aliphatic carbocycles. The Bertz CT molecular complexity index is 269. The Kier molecular flexibility index (Phi) is 3.39. The monoisotopic (exact) mass is 206 g/mol. The van der Waals surface area contributed by atoms with Crippen LogP contribution in [0.25, 0.3) is 0 Å². The Hall–Kier alpha value is -0.210. The topological polar surface area (TPSA) is 88.5 Å². The Morgan fingerprint density at radius 1 is 1.09 bits per heavy atom. The first kappa shape index (κ1) is 10.8. The fourth-order valence-corrected chi connectivity index (χ4v) is 1.59. The molecule has 0 saturated heterocycles. The van der Waals surface area contributed by atoms with Crippen molar-refractivity contribution in [2.75, 3.05) is 11.5 Å². The lowest BCUT2D eigenvalue weighted by Crippen LogP contribution is -2.08. The number of hydrogen-bond acceptors (Lipinski definition) is 4. The lowest BCUT2D eigenvalue weighted by atomic mass is 10.6. The molecule has 8 heteroatoms. The minimum atomic E-state index is -4.62. The van der Waals surface area contributed by atoms with E-state index in [1.165, 1.54) is 0 Å². The Balaban J connectivity index is 3.79. The largest absolute Gasteiger partial charge is 0.302 e. The predicted molar refractivity (Wildman–Crippen MR) is 35.9 cm³/mol. The summed E-state index contributed by atoms with van der Waals surface area (Å²) in [5.41, 5.74) is 0. The molecule has 0 heterocycles. The van der Waals surface area contributed by atoms with Gasteiger partial charge < -0.3 is 0 Å². The van der Waals surface area contributed by atoms with E-state index in [0.29, 0.717) is 0 Å². The van der Waals surface area contributed by atoms with Gasteiger partial charge in [0, 0.05) is 0 Å². The Morgan fingerprint density at radius 2 is 1.55 bits per heavy atom. The first-order chi connectivity index (χ1) is 4.71. The number of hydrogen-bond donors (Lipinski definition) is 1. The molecule has 5 nitrogen and oxygen atoms in total. The van der Waals surface area contributed by atoms with E-state index < -0.39 is 38.3 Å². The lowest BCUT2D eigenvalue weighted by Gasteiger charge is -1.92. The van der Waals surface area contributed by atoms with Crippen LogP contribution < -0.4 is 0 Å². The summed E-state index contributed by atoms with van der Waals surface area (Å²) in [7, 11) is -8.80. The van der Waals surface area contributed by atoms with Crippen LogP contribution in [-0.4, -0.2) is 32.9 Å². The molecule has 0 spiro atoms. The zero-order valence-electron chi connectivity index (χ0n) is 5.40. The summed E-state index contributed by atoms with van der Waals surface area (Å²) in [5, 5.41) is 0. The third-order valence-corrected chi connectivity index (χ3v) is 2.37. The molecule has 0 saturated carbocycles. The molecule has 68 valence electrons. The molecule has 0 aromatic heterocycles. The summed E-state index contributed by atoms with van der Waals surface area (Å²) in [5.74, 6) is -1.62. The van der Waals surface area contributed by atoms with Crippen LogP contribution >= 0.6 is 0 Å². The minimum Gasteiger partial charge on any atom is -0.286 e. The van der Waals surface area contributed by atoms with Gasteiger partial charge in [0.1, 0.15) is 0 Å². The van der Waals surface area contributed by atoms with E-state index in [1.807, 2.05) is 0 Å². The van der Waals surface area contributed by atoms with Crippen molar-refractivity contribution in [3.8, 4) is 0 Å². The molecule has 0 aliphatic heterocycles. The van der Waals surface area contributed by atoms with Crippen LogP contribution in [-0.2, 0) is 20.3 Å². The van der Waals surface area contributed by atoms with Crippen molar-refractivity contribution in [1.29, 1.82) is 0 Å². The van der Waals surface area contributed by atoms with Crippen molar-refractivity contribution in [1.82, 2.24) is 0 Å². The van der Waals surface area contributed by atoms with Gasteiger partial charge in [-0.05, 0) is 6.42 Å². The SMILES string of the molecule is O=S(=O)(O)CCCS(=O)(=O)F. The number of halogens is 1. The molecule has 0 amide bonds. The highest BCUT2D eigenvalue weighted by Crippen LogP contribution is 1.96. The van der Waals surface area contributed by atoms with Gasteiger partial charge in [-0.15, -0.1) is 3.89 Å². The van der Waals surface area contributed by atoms with E-state index in [9.17, 15) is 20.7 Å². The van der Waals surface area contributed by atoms with Crippen LogP contribution in [0.4, 0.5) is 3.89 Å². The lowest BCUT2D eigenvalue weighted by molar-refractivity contribution is 0.482. The third kappa shape index (κ3) is 9.79. The molecular formula is C3H7FO5S2. The van der Waals surface area contributed by atoms with Gasteiger partial charge in [-0.25, -0.2) is 0 Å². The number of rotatable bonds is 4. The zero-order valence-corrected chi connectivity index (χ0v) is 7.03. The van der Waals surface area contributed by atoms with E-state index in [-0.39, 0.29) is 0 Å². The predicted octanol–water partition coefficient (Wildman–Crippen LogP) is -0.436. The molecule has 0 unspecified atom stereocenters. The van der Waals surface area contributed by atoms with Gasteiger partial charge in [-0.2, -0.15) is 16.8 Å². The standard InChI is InChI=1S/C3H7FO5S2/c4-10(5,6)2-1-3-11(7,8)9/h1-3H2,(H,7,8,9). The van der Waals surface area contributed by atoms with E-state index in [2.05, 4.69) is 0 Å². The smallest absolute Gasteiger partial charge is 0.286 e. The van der Waals surface area contributed by atoms with Gasteiger partial charge in [-0.1, -0.05) is 0 Å². The van der Waals surface area contributed by atoms with Crippen molar-refractivity contribution in [3.05, 3.63) is 0 Å². The maximum atomic E-state index is 11.7. The normalized spacial score (nSPS) is 13.3. The van der Waals surface area contributed by atoms with E-state index >= 15 is 0 Å². The van der Waals surface area contributed by atoms with Crippen molar-refractivity contribution < 1.29 is 25.3 Å². The van der Waals surface area contributed by atoms with E-state index in [0.717, 1.165) is 0 Å². The van der Waals surface area contributed by atoms with Crippen LogP contribution in [0, 0.1) is 0 Å². The van der Waals surface area contributed by atoms with Gasteiger partial charge in [0.05, 0.1) is 11.5 Å². The molecule has 0 atom stereocenters. The minimum absolute atomic E-state index is 0.433. The van der Waals surface area contributed by atoms with Crippen molar-refractivity contribution >= 4 is 20.3 Å². The van der Waals surface area contributed by atoms with Crippen LogP contribution in [0.1, 0.15) is 6.42 Å². The second-order valence-corrected chi connectivity index (χ2v) is 4.94. The zero-order chi connectivity index (χ0) is 9.12. The van der Waals surface area contributed by atoms with Crippen LogP contribution in [0.2, 0.25) is 0 Å². The Morgan fingerprint density at radius 3 is 1.82 bits per heavy atom. The molecule has 0 aromatic rings. The fourth-order valence-electron chi connectivity index (χ4n) is 0.414. The quantitative estimate of drug-likeness (QED) is 0.497. The van der Waals surface area contributed by atoms with Crippen LogP contribution in [0.3, 0.4) is 0 Å². The summed E-state index contributed by atoms with van der Waals surface area (Å²) in [6, 6.07) is 0. The molecule has 0 bridgehead atoms.